The number of carbonyl (C=O) groups excluding carboxylic acids is 1. The van der Waals surface area contributed by atoms with Gasteiger partial charge in [-0.25, -0.2) is 22.9 Å². The molecule has 0 unspecified atom stereocenters. The van der Waals surface area contributed by atoms with E-state index < -0.39 is 23.4 Å². The normalized spacial score (nSPS) is 11.2. The lowest BCUT2D eigenvalue weighted by molar-refractivity contribution is 0.0523. The van der Waals surface area contributed by atoms with Crippen LogP contribution in [0.4, 0.5) is 13.2 Å². The van der Waals surface area contributed by atoms with E-state index in [0.717, 1.165) is 17.7 Å². The predicted octanol–water partition coefficient (Wildman–Crippen LogP) is 6.58. The molecule has 0 saturated carbocycles. The number of carbonyl (C=O) groups is 1. The number of rotatable bonds is 7. The third-order valence-corrected chi connectivity index (χ3v) is 5.04. The van der Waals surface area contributed by atoms with Gasteiger partial charge in [0, 0.05) is 17.0 Å². The highest BCUT2D eigenvalue weighted by molar-refractivity contribution is 5.91. The maximum absolute atomic E-state index is 13.7. The van der Waals surface area contributed by atoms with Crippen molar-refractivity contribution in [2.75, 3.05) is 6.61 Å². The number of nitrogens with zero attached hydrogens (tertiary/aromatic N) is 1. The largest absolute Gasteiger partial charge is 0.489 e. The van der Waals surface area contributed by atoms with Crippen LogP contribution in [-0.2, 0) is 11.3 Å². The Balaban J connectivity index is 1.43. The van der Waals surface area contributed by atoms with Crippen LogP contribution in [0.3, 0.4) is 0 Å². The van der Waals surface area contributed by atoms with Gasteiger partial charge in [0.15, 0.2) is 11.6 Å². The van der Waals surface area contributed by atoms with E-state index in [1.807, 2.05) is 18.2 Å². The van der Waals surface area contributed by atoms with Gasteiger partial charge in [0.1, 0.15) is 18.2 Å². The number of fused-ring (bicyclic) bond motifs is 1. The molecule has 0 bridgehead atoms. The monoisotopic (exact) mass is 463 g/mol. The number of esters is 1. The summed E-state index contributed by atoms with van der Waals surface area (Å²) >= 11 is 0. The number of aromatic nitrogens is 1. The van der Waals surface area contributed by atoms with Crippen LogP contribution in [0.1, 0.15) is 34.1 Å². The Morgan fingerprint density at radius 2 is 1.68 bits per heavy atom. The zero-order chi connectivity index (χ0) is 24.1. The molecule has 1 aromatic heterocycles. The molecule has 34 heavy (non-hydrogen) atoms. The van der Waals surface area contributed by atoms with E-state index in [9.17, 15) is 18.0 Å². The van der Waals surface area contributed by atoms with Crippen LogP contribution in [0.5, 0.6) is 5.75 Å². The number of pyridine rings is 1. The third kappa shape index (κ3) is 5.43. The number of hydrogen-bond acceptors (Lipinski definition) is 4. The molecule has 172 valence electrons. The topological polar surface area (TPSA) is 48.4 Å². The van der Waals surface area contributed by atoms with Crippen LogP contribution < -0.4 is 4.74 Å². The molecule has 0 aliphatic rings. The van der Waals surface area contributed by atoms with E-state index in [-0.39, 0.29) is 18.8 Å². The molecule has 0 spiro atoms. The van der Waals surface area contributed by atoms with Crippen molar-refractivity contribution in [3.8, 4) is 5.75 Å². The maximum Gasteiger partial charge on any atom is 0.338 e. The van der Waals surface area contributed by atoms with Gasteiger partial charge in [-0.05, 0) is 61.0 Å². The molecule has 0 radical (unpaired) electrons. The minimum Gasteiger partial charge on any atom is -0.489 e. The number of hydrogen-bond donors (Lipinski definition) is 0. The van der Waals surface area contributed by atoms with Gasteiger partial charge in [-0.15, -0.1) is 0 Å². The molecule has 0 amide bonds. The summed E-state index contributed by atoms with van der Waals surface area (Å²) in [6.07, 6.45) is 3.58. The fraction of sp³-hybridized carbons (Fsp3) is 0.111. The molecular formula is C27H20F3NO3. The lowest BCUT2D eigenvalue weighted by Gasteiger charge is -2.11. The van der Waals surface area contributed by atoms with Crippen molar-refractivity contribution in [1.82, 2.24) is 4.98 Å². The molecule has 0 fully saturated rings. The number of halogens is 3. The molecule has 4 aromatic rings. The van der Waals surface area contributed by atoms with Crippen molar-refractivity contribution < 1.29 is 27.4 Å². The van der Waals surface area contributed by atoms with Gasteiger partial charge >= 0.3 is 5.97 Å². The zero-order valence-electron chi connectivity index (χ0n) is 18.2. The molecule has 0 N–H and O–H groups in total. The molecule has 7 heteroatoms. The number of ether oxygens (including phenoxy) is 2. The predicted molar refractivity (Wildman–Crippen MR) is 124 cm³/mol. The second-order valence-corrected chi connectivity index (χ2v) is 7.41. The van der Waals surface area contributed by atoms with Crippen molar-refractivity contribution in [1.29, 1.82) is 0 Å². The van der Waals surface area contributed by atoms with Gasteiger partial charge in [-0.1, -0.05) is 24.3 Å². The van der Waals surface area contributed by atoms with Gasteiger partial charge in [0.2, 0.25) is 0 Å². The van der Waals surface area contributed by atoms with Crippen molar-refractivity contribution in [2.24, 2.45) is 0 Å². The highest BCUT2D eigenvalue weighted by Gasteiger charge is 2.14. The summed E-state index contributed by atoms with van der Waals surface area (Å²) in [5.74, 6) is -2.31. The lowest BCUT2D eigenvalue weighted by atomic mass is 10.1. The van der Waals surface area contributed by atoms with Crippen LogP contribution in [0.15, 0.2) is 66.7 Å². The van der Waals surface area contributed by atoms with Crippen LogP contribution >= 0.6 is 0 Å². The second-order valence-electron chi connectivity index (χ2n) is 7.41. The van der Waals surface area contributed by atoms with E-state index in [2.05, 4.69) is 4.98 Å². The Hall–Kier alpha value is -4.13. The minimum atomic E-state index is -0.940. The van der Waals surface area contributed by atoms with Crippen LogP contribution in [-0.4, -0.2) is 17.6 Å². The first-order valence-corrected chi connectivity index (χ1v) is 10.6. The molecule has 0 aliphatic heterocycles. The fourth-order valence-electron chi connectivity index (χ4n) is 3.33. The summed E-state index contributed by atoms with van der Waals surface area (Å²) in [5, 5.41) is 0.516. The van der Waals surface area contributed by atoms with Crippen LogP contribution in [0, 0.1) is 17.5 Å². The molecule has 0 aliphatic carbocycles. The average molecular weight is 463 g/mol. The fourth-order valence-corrected chi connectivity index (χ4v) is 3.33. The van der Waals surface area contributed by atoms with Crippen molar-refractivity contribution >= 4 is 29.0 Å². The van der Waals surface area contributed by atoms with Crippen molar-refractivity contribution in [2.45, 2.75) is 13.5 Å². The smallest absolute Gasteiger partial charge is 0.338 e. The quantitative estimate of drug-likeness (QED) is 0.291. The Morgan fingerprint density at radius 3 is 2.44 bits per heavy atom. The van der Waals surface area contributed by atoms with Gasteiger partial charge in [-0.3, -0.25) is 0 Å². The molecule has 0 saturated heterocycles. The van der Waals surface area contributed by atoms with E-state index >= 15 is 0 Å². The zero-order valence-corrected chi connectivity index (χ0v) is 18.2. The maximum atomic E-state index is 13.7. The lowest BCUT2D eigenvalue weighted by Crippen LogP contribution is -2.10. The van der Waals surface area contributed by atoms with Crippen LogP contribution in [0.25, 0.3) is 23.1 Å². The molecule has 3 aromatic carbocycles. The summed E-state index contributed by atoms with van der Waals surface area (Å²) in [6.45, 7) is 1.92. The minimum absolute atomic E-state index is 0.000737. The van der Waals surface area contributed by atoms with Gasteiger partial charge in [0.25, 0.3) is 0 Å². The second kappa shape index (κ2) is 10.2. The van der Waals surface area contributed by atoms with E-state index in [1.54, 1.807) is 37.3 Å². The highest BCUT2D eigenvalue weighted by Crippen LogP contribution is 2.20. The summed E-state index contributed by atoms with van der Waals surface area (Å²) in [4.78, 5) is 16.4. The first-order chi connectivity index (χ1) is 16.4. The Bertz CT molecular complexity index is 1370. The van der Waals surface area contributed by atoms with E-state index in [4.69, 9.17) is 9.47 Å². The molecule has 4 rings (SSSR count). The van der Waals surface area contributed by atoms with Gasteiger partial charge in [-0.2, -0.15) is 0 Å². The van der Waals surface area contributed by atoms with Gasteiger partial charge < -0.3 is 9.47 Å². The summed E-state index contributed by atoms with van der Waals surface area (Å²) in [6, 6.07) is 16.5. The number of benzene rings is 3. The first-order valence-electron chi connectivity index (χ1n) is 10.6. The first kappa shape index (κ1) is 23.0. The molecule has 0 atom stereocenters. The summed E-state index contributed by atoms with van der Waals surface area (Å²) in [5.41, 5.74) is 2.47. The summed E-state index contributed by atoms with van der Waals surface area (Å²) in [7, 11) is 0. The third-order valence-electron chi connectivity index (χ3n) is 5.04. The average Bonchev–Trinajstić information content (AvgIpc) is 2.83. The van der Waals surface area contributed by atoms with E-state index in [1.165, 1.54) is 18.2 Å². The Kier molecular flexibility index (Phi) is 6.92. The SMILES string of the molecule is CCOC(=O)c1ccc(F)cc1COc1ccc(C=Cc2ccc3cc(F)c(F)cc3n2)cc1. The molecule has 1 heterocycles. The van der Waals surface area contributed by atoms with Crippen LogP contribution in [0.2, 0.25) is 0 Å². The van der Waals surface area contributed by atoms with E-state index in [0.29, 0.717) is 27.9 Å². The Morgan fingerprint density at radius 1 is 0.912 bits per heavy atom. The Labute approximate surface area is 194 Å². The van der Waals surface area contributed by atoms with Crippen molar-refractivity contribution in [3.63, 3.8) is 0 Å². The van der Waals surface area contributed by atoms with Gasteiger partial charge in [0.05, 0.1) is 23.4 Å². The molecular weight excluding hydrogens is 443 g/mol. The highest BCUT2D eigenvalue weighted by atomic mass is 19.2. The summed E-state index contributed by atoms with van der Waals surface area (Å²) < 4.78 is 51.2. The van der Waals surface area contributed by atoms with Crippen molar-refractivity contribution in [3.05, 3.63) is 107 Å². The standard InChI is InChI=1S/C27H20F3NO3/c1-2-33-27(32)23-12-7-20(28)13-19(23)16-34-22-10-4-17(5-11-22)3-8-21-9-6-18-14-24(29)25(30)15-26(18)31-21/h3-15H,2,16H2,1H3. The molecule has 4 nitrogen and oxygen atoms in total.